The number of hydrogen-bond donors (Lipinski definition) is 4. The van der Waals surface area contributed by atoms with Crippen molar-refractivity contribution in [1.82, 2.24) is 10.2 Å². The maximum Gasteiger partial charge on any atom is 0.115 e. The van der Waals surface area contributed by atoms with Gasteiger partial charge in [0.25, 0.3) is 0 Å². The molecule has 1 aliphatic heterocycles. The first-order valence-corrected chi connectivity index (χ1v) is 12.5. The van der Waals surface area contributed by atoms with Gasteiger partial charge in [0.2, 0.25) is 0 Å². The second-order valence-electron chi connectivity index (χ2n) is 10.8. The average Bonchev–Trinajstić information content (AvgIpc) is 3.63. The Morgan fingerprint density at radius 2 is 1.85 bits per heavy atom. The average molecular weight is 451 g/mol. The maximum atomic E-state index is 12.6. The molecule has 2 aromatic rings. The zero-order chi connectivity index (χ0) is 23.2. The number of phenolic OH excluding ortho intramolecular Hbond substituents is 1. The molecule has 0 aromatic heterocycles. The van der Waals surface area contributed by atoms with Crippen molar-refractivity contribution in [2.45, 2.75) is 81.7 Å². The number of aliphatic hydroxyl groups excluding tert-OH is 1. The van der Waals surface area contributed by atoms with Crippen LogP contribution in [0.15, 0.2) is 48.5 Å². The zero-order valence-electron chi connectivity index (χ0n) is 19.9. The number of fused-ring (bicyclic) bond motifs is 1. The summed E-state index contributed by atoms with van der Waals surface area (Å²) in [7, 11) is 0. The van der Waals surface area contributed by atoms with E-state index in [4.69, 9.17) is 0 Å². The molecule has 2 aromatic carbocycles. The monoisotopic (exact) mass is 450 g/mol. The minimum absolute atomic E-state index is 0.0258. The molecule has 3 aliphatic rings. The van der Waals surface area contributed by atoms with Crippen molar-refractivity contribution in [3.05, 3.63) is 65.2 Å². The molecule has 2 aliphatic carbocycles. The third-order valence-corrected chi connectivity index (χ3v) is 8.78. The first-order chi connectivity index (χ1) is 15.8. The van der Waals surface area contributed by atoms with Gasteiger partial charge in [-0.25, -0.2) is 0 Å². The van der Waals surface area contributed by atoms with Crippen molar-refractivity contribution < 1.29 is 15.3 Å². The molecule has 0 radical (unpaired) electrons. The predicted octanol–water partition coefficient (Wildman–Crippen LogP) is 3.49. The quantitative estimate of drug-likeness (QED) is 0.542. The predicted molar refractivity (Wildman–Crippen MR) is 130 cm³/mol. The van der Waals surface area contributed by atoms with Gasteiger partial charge in [0.1, 0.15) is 5.75 Å². The molecule has 5 rings (SSSR count). The van der Waals surface area contributed by atoms with Crippen LogP contribution in [-0.4, -0.2) is 57.1 Å². The molecule has 1 heterocycles. The van der Waals surface area contributed by atoms with Crippen LogP contribution in [0.2, 0.25) is 0 Å². The largest absolute Gasteiger partial charge is 0.508 e. The molecule has 3 unspecified atom stereocenters. The van der Waals surface area contributed by atoms with Crippen molar-refractivity contribution in [1.29, 1.82) is 0 Å². The van der Waals surface area contributed by atoms with E-state index in [0.717, 1.165) is 36.6 Å². The molecule has 4 N–H and O–H groups in total. The van der Waals surface area contributed by atoms with Gasteiger partial charge in [-0.2, -0.15) is 0 Å². The first kappa shape index (κ1) is 22.9. The molecule has 5 heteroatoms. The number of aryl methyl sites for hydroxylation is 1. The molecule has 2 saturated carbocycles. The highest BCUT2D eigenvalue weighted by molar-refractivity contribution is 5.44. The van der Waals surface area contributed by atoms with E-state index in [0.29, 0.717) is 19.4 Å². The summed E-state index contributed by atoms with van der Waals surface area (Å²) in [6, 6.07) is 15.5. The minimum atomic E-state index is -1.01. The summed E-state index contributed by atoms with van der Waals surface area (Å²) in [5.74, 6) is 0.978. The Balaban J connectivity index is 1.49. The SMILES string of the molecule is Cc1ccc(O)cc1[C@]12CCN(CC3CC3)C(C)C1(O)CC(NCc1ccccc1)[C@H](O)C2. The van der Waals surface area contributed by atoms with Crippen LogP contribution in [0.1, 0.15) is 55.7 Å². The number of rotatable bonds is 6. The van der Waals surface area contributed by atoms with Gasteiger partial charge in [0.15, 0.2) is 0 Å². The van der Waals surface area contributed by atoms with Crippen LogP contribution in [0.3, 0.4) is 0 Å². The standard InChI is InChI=1S/C28H38N2O3/c1-19-8-11-23(31)14-24(19)27-12-13-30(18-22-9-10-22)20(2)28(27,33)15-25(26(32)16-27)29-17-21-6-4-3-5-7-21/h3-8,11,14,20,22,25-26,29,31-33H,9-10,12-13,15-18H2,1-2H3/t20?,25?,26-,27-,28?/m1/s1. The van der Waals surface area contributed by atoms with Gasteiger partial charge in [-0.3, -0.25) is 4.90 Å². The van der Waals surface area contributed by atoms with Gasteiger partial charge in [-0.15, -0.1) is 0 Å². The topological polar surface area (TPSA) is 76.0 Å². The summed E-state index contributed by atoms with van der Waals surface area (Å²) < 4.78 is 0. The normalized spacial score (nSPS) is 34.7. The molecule has 5 atom stereocenters. The molecule has 33 heavy (non-hydrogen) atoms. The molecular weight excluding hydrogens is 412 g/mol. The Bertz CT molecular complexity index is 978. The number of hydrogen-bond acceptors (Lipinski definition) is 5. The molecule has 1 saturated heterocycles. The Labute approximate surface area is 197 Å². The molecule has 0 bridgehead atoms. The fraction of sp³-hybridized carbons (Fsp3) is 0.571. The zero-order valence-corrected chi connectivity index (χ0v) is 19.9. The van der Waals surface area contributed by atoms with Crippen molar-refractivity contribution >= 4 is 0 Å². The fourth-order valence-corrected chi connectivity index (χ4v) is 6.60. The number of benzene rings is 2. The summed E-state index contributed by atoms with van der Waals surface area (Å²) in [6.07, 6.45) is 3.77. The Hall–Kier alpha value is -1.92. The Kier molecular flexibility index (Phi) is 6.02. The van der Waals surface area contributed by atoms with E-state index < -0.39 is 17.1 Å². The van der Waals surface area contributed by atoms with Crippen LogP contribution in [-0.2, 0) is 12.0 Å². The van der Waals surface area contributed by atoms with Crippen molar-refractivity contribution in [2.75, 3.05) is 13.1 Å². The second-order valence-corrected chi connectivity index (χ2v) is 10.8. The van der Waals surface area contributed by atoms with Gasteiger partial charge in [-0.1, -0.05) is 36.4 Å². The lowest BCUT2D eigenvalue weighted by molar-refractivity contribution is -0.180. The molecule has 0 amide bonds. The number of nitrogens with one attached hydrogen (secondary N) is 1. The van der Waals surface area contributed by atoms with Gasteiger partial charge < -0.3 is 20.6 Å². The smallest absolute Gasteiger partial charge is 0.115 e. The number of phenols is 1. The second kappa shape index (κ2) is 8.70. The van der Waals surface area contributed by atoms with E-state index in [1.54, 1.807) is 6.07 Å². The maximum absolute atomic E-state index is 12.6. The highest BCUT2D eigenvalue weighted by Gasteiger charge is 2.63. The molecule has 178 valence electrons. The number of nitrogens with zero attached hydrogens (tertiary/aromatic N) is 1. The number of piperidine rings is 1. The van der Waals surface area contributed by atoms with Crippen molar-refractivity contribution in [3.8, 4) is 5.75 Å². The van der Waals surface area contributed by atoms with Crippen LogP contribution in [0.25, 0.3) is 0 Å². The fourth-order valence-electron chi connectivity index (χ4n) is 6.60. The van der Waals surface area contributed by atoms with Crippen LogP contribution in [0.4, 0.5) is 0 Å². The third-order valence-electron chi connectivity index (χ3n) is 8.78. The molecule has 0 spiro atoms. The number of likely N-dealkylation sites (tertiary alicyclic amines) is 1. The van der Waals surface area contributed by atoms with E-state index in [9.17, 15) is 15.3 Å². The van der Waals surface area contributed by atoms with E-state index in [1.165, 1.54) is 18.4 Å². The third kappa shape index (κ3) is 4.10. The summed E-state index contributed by atoms with van der Waals surface area (Å²) in [4.78, 5) is 2.47. The summed E-state index contributed by atoms with van der Waals surface area (Å²) in [5, 5.41) is 37.8. The Morgan fingerprint density at radius 3 is 2.58 bits per heavy atom. The van der Waals surface area contributed by atoms with E-state index in [-0.39, 0.29) is 17.8 Å². The van der Waals surface area contributed by atoms with Crippen LogP contribution in [0.5, 0.6) is 5.75 Å². The summed E-state index contributed by atoms with van der Waals surface area (Å²) in [6.45, 7) is 6.84. The molecule has 5 nitrogen and oxygen atoms in total. The number of aliphatic hydroxyl groups is 2. The molecular formula is C28H38N2O3. The highest BCUT2D eigenvalue weighted by Crippen LogP contribution is 2.55. The minimum Gasteiger partial charge on any atom is -0.508 e. The lowest BCUT2D eigenvalue weighted by atomic mass is 9.52. The number of aromatic hydroxyl groups is 1. The van der Waals surface area contributed by atoms with Crippen molar-refractivity contribution in [3.63, 3.8) is 0 Å². The van der Waals surface area contributed by atoms with Crippen LogP contribution >= 0.6 is 0 Å². The lowest BCUT2D eigenvalue weighted by Crippen LogP contribution is -2.73. The molecule has 3 fully saturated rings. The van der Waals surface area contributed by atoms with Gasteiger partial charge >= 0.3 is 0 Å². The first-order valence-electron chi connectivity index (χ1n) is 12.5. The van der Waals surface area contributed by atoms with Crippen molar-refractivity contribution in [2.24, 2.45) is 5.92 Å². The van der Waals surface area contributed by atoms with E-state index in [2.05, 4.69) is 36.2 Å². The van der Waals surface area contributed by atoms with Gasteiger partial charge in [-0.05, 0) is 87.2 Å². The van der Waals surface area contributed by atoms with Crippen LogP contribution in [0, 0.1) is 12.8 Å². The highest BCUT2D eigenvalue weighted by atomic mass is 16.3. The van der Waals surface area contributed by atoms with Gasteiger partial charge in [0.05, 0.1) is 11.7 Å². The summed E-state index contributed by atoms with van der Waals surface area (Å²) in [5.41, 5.74) is 1.64. The summed E-state index contributed by atoms with van der Waals surface area (Å²) >= 11 is 0. The van der Waals surface area contributed by atoms with E-state index >= 15 is 0 Å². The van der Waals surface area contributed by atoms with E-state index in [1.807, 2.05) is 30.3 Å². The van der Waals surface area contributed by atoms with Gasteiger partial charge in [0, 0.05) is 30.6 Å². The van der Waals surface area contributed by atoms with Crippen LogP contribution < -0.4 is 5.32 Å². The lowest BCUT2D eigenvalue weighted by Gasteiger charge is -2.62. The Morgan fingerprint density at radius 1 is 1.09 bits per heavy atom.